The SMILES string of the molecule is Clc1cccc(Cl)c1CSc1nnnn1-c1ccccc1. The Balaban J connectivity index is 1.83. The molecule has 0 radical (unpaired) electrons. The number of thioether (sulfide) groups is 1. The molecule has 7 heteroatoms. The molecule has 0 N–H and O–H groups in total. The van der Waals surface area contributed by atoms with Gasteiger partial charge >= 0.3 is 0 Å². The largest absolute Gasteiger partial charge is 0.214 e. The lowest BCUT2D eigenvalue weighted by atomic mass is 10.2. The van der Waals surface area contributed by atoms with E-state index < -0.39 is 0 Å². The summed E-state index contributed by atoms with van der Waals surface area (Å²) in [6.07, 6.45) is 0. The standard InChI is InChI=1S/C14H10Cl2N4S/c15-12-7-4-8-13(16)11(12)9-21-14-17-18-19-20(14)10-5-2-1-3-6-10/h1-8H,9H2. The molecule has 106 valence electrons. The Labute approximate surface area is 136 Å². The van der Waals surface area contributed by atoms with Crippen LogP contribution in [-0.4, -0.2) is 20.2 Å². The van der Waals surface area contributed by atoms with E-state index in [-0.39, 0.29) is 0 Å². The van der Waals surface area contributed by atoms with E-state index in [9.17, 15) is 0 Å². The Morgan fingerprint density at radius 2 is 1.67 bits per heavy atom. The van der Waals surface area contributed by atoms with Crippen molar-refractivity contribution in [1.29, 1.82) is 0 Å². The van der Waals surface area contributed by atoms with Crippen molar-refractivity contribution in [3.8, 4) is 5.69 Å². The summed E-state index contributed by atoms with van der Waals surface area (Å²) in [4.78, 5) is 0. The molecule has 0 aliphatic carbocycles. The fraction of sp³-hybridized carbons (Fsp3) is 0.0714. The molecular weight excluding hydrogens is 327 g/mol. The van der Waals surface area contributed by atoms with Crippen molar-refractivity contribution in [2.45, 2.75) is 10.9 Å². The molecule has 0 saturated carbocycles. The first-order valence-corrected chi connectivity index (χ1v) is 7.89. The van der Waals surface area contributed by atoms with Crippen LogP contribution in [0.2, 0.25) is 10.0 Å². The second-order valence-electron chi connectivity index (χ2n) is 4.20. The minimum absolute atomic E-state index is 0.603. The maximum Gasteiger partial charge on any atom is 0.214 e. The highest BCUT2D eigenvalue weighted by Gasteiger charge is 2.11. The number of nitrogens with zero attached hydrogens (tertiary/aromatic N) is 4. The van der Waals surface area contributed by atoms with Crippen LogP contribution in [0.15, 0.2) is 53.7 Å². The quantitative estimate of drug-likeness (QED) is 0.667. The molecule has 0 amide bonds. The summed E-state index contributed by atoms with van der Waals surface area (Å²) in [6, 6.07) is 15.2. The monoisotopic (exact) mass is 336 g/mol. The van der Waals surface area contributed by atoms with Gasteiger partial charge in [-0.15, -0.1) is 5.10 Å². The molecule has 0 fully saturated rings. The summed E-state index contributed by atoms with van der Waals surface area (Å²) in [6.45, 7) is 0. The molecule has 1 heterocycles. The van der Waals surface area contributed by atoms with Crippen LogP contribution in [0.25, 0.3) is 5.69 Å². The van der Waals surface area contributed by atoms with Gasteiger partial charge in [-0.25, -0.2) is 0 Å². The lowest BCUT2D eigenvalue weighted by Crippen LogP contribution is -1.98. The summed E-state index contributed by atoms with van der Waals surface area (Å²) in [5.74, 6) is 0.603. The van der Waals surface area contributed by atoms with Crippen molar-refractivity contribution in [1.82, 2.24) is 20.2 Å². The zero-order valence-corrected chi connectivity index (χ0v) is 13.1. The maximum absolute atomic E-state index is 6.17. The first kappa shape index (κ1) is 14.4. The first-order chi connectivity index (χ1) is 10.3. The molecule has 0 bridgehead atoms. The molecule has 3 aromatic rings. The van der Waals surface area contributed by atoms with Crippen molar-refractivity contribution in [3.63, 3.8) is 0 Å². The Kier molecular flexibility index (Phi) is 4.43. The van der Waals surface area contributed by atoms with Gasteiger partial charge in [-0.2, -0.15) is 4.68 Å². The van der Waals surface area contributed by atoms with E-state index in [0.717, 1.165) is 11.3 Å². The highest BCUT2D eigenvalue weighted by atomic mass is 35.5. The average molecular weight is 337 g/mol. The van der Waals surface area contributed by atoms with E-state index in [0.29, 0.717) is 21.0 Å². The Bertz CT molecular complexity index is 725. The molecule has 0 aliphatic heterocycles. The van der Waals surface area contributed by atoms with Gasteiger partial charge in [-0.05, 0) is 40.3 Å². The van der Waals surface area contributed by atoms with Gasteiger partial charge in [0.25, 0.3) is 0 Å². The van der Waals surface area contributed by atoms with E-state index in [1.165, 1.54) is 11.8 Å². The zero-order valence-electron chi connectivity index (χ0n) is 10.8. The van der Waals surface area contributed by atoms with E-state index in [1.54, 1.807) is 4.68 Å². The molecule has 2 aromatic carbocycles. The minimum Gasteiger partial charge on any atom is -0.188 e. The maximum atomic E-state index is 6.17. The van der Waals surface area contributed by atoms with Crippen molar-refractivity contribution in [2.24, 2.45) is 0 Å². The molecule has 0 atom stereocenters. The second kappa shape index (κ2) is 6.47. The van der Waals surface area contributed by atoms with E-state index in [1.807, 2.05) is 48.5 Å². The van der Waals surface area contributed by atoms with Gasteiger partial charge < -0.3 is 0 Å². The fourth-order valence-corrected chi connectivity index (χ4v) is 3.44. The third-order valence-corrected chi connectivity index (χ3v) is 4.50. The first-order valence-electron chi connectivity index (χ1n) is 6.15. The van der Waals surface area contributed by atoms with Gasteiger partial charge in [-0.3, -0.25) is 0 Å². The Morgan fingerprint density at radius 3 is 2.38 bits per heavy atom. The summed E-state index contributed by atoms with van der Waals surface area (Å²) in [7, 11) is 0. The van der Waals surface area contributed by atoms with Crippen molar-refractivity contribution >= 4 is 35.0 Å². The molecule has 0 aliphatic rings. The van der Waals surface area contributed by atoms with Gasteiger partial charge in [0.1, 0.15) is 0 Å². The topological polar surface area (TPSA) is 43.6 Å². The van der Waals surface area contributed by atoms with Gasteiger partial charge in [0, 0.05) is 15.8 Å². The van der Waals surface area contributed by atoms with Crippen molar-refractivity contribution in [2.75, 3.05) is 0 Å². The number of benzene rings is 2. The van der Waals surface area contributed by atoms with Crippen LogP contribution in [-0.2, 0) is 5.75 Å². The lowest BCUT2D eigenvalue weighted by molar-refractivity contribution is 0.756. The number of aromatic nitrogens is 4. The summed E-state index contributed by atoms with van der Waals surface area (Å²) in [5.41, 5.74) is 1.80. The molecule has 1 aromatic heterocycles. The fourth-order valence-electron chi connectivity index (χ4n) is 1.81. The Morgan fingerprint density at radius 1 is 0.952 bits per heavy atom. The van der Waals surface area contributed by atoms with Crippen LogP contribution in [0, 0.1) is 0 Å². The third kappa shape index (κ3) is 3.20. The average Bonchev–Trinajstić information content (AvgIpc) is 2.96. The molecule has 3 rings (SSSR count). The zero-order chi connectivity index (χ0) is 14.7. The van der Waals surface area contributed by atoms with Crippen molar-refractivity contribution in [3.05, 3.63) is 64.1 Å². The summed E-state index contributed by atoms with van der Waals surface area (Å²) >= 11 is 13.8. The molecule has 21 heavy (non-hydrogen) atoms. The number of para-hydroxylation sites is 1. The third-order valence-electron chi connectivity index (χ3n) is 2.85. The minimum atomic E-state index is 0.603. The molecule has 0 unspecified atom stereocenters. The smallest absolute Gasteiger partial charge is 0.188 e. The number of tetrazole rings is 1. The van der Waals surface area contributed by atoms with Gasteiger partial charge in [-0.1, -0.05) is 59.2 Å². The number of halogens is 2. The molecule has 4 nitrogen and oxygen atoms in total. The van der Waals surface area contributed by atoms with E-state index >= 15 is 0 Å². The highest BCUT2D eigenvalue weighted by Crippen LogP contribution is 2.31. The summed E-state index contributed by atoms with van der Waals surface area (Å²) < 4.78 is 1.69. The van der Waals surface area contributed by atoms with Gasteiger partial charge in [0.05, 0.1) is 5.69 Å². The van der Waals surface area contributed by atoms with Crippen LogP contribution in [0.1, 0.15) is 5.56 Å². The van der Waals surface area contributed by atoms with Crippen LogP contribution in [0.5, 0.6) is 0 Å². The van der Waals surface area contributed by atoms with Gasteiger partial charge in [0.2, 0.25) is 5.16 Å². The van der Waals surface area contributed by atoms with Crippen LogP contribution in [0.3, 0.4) is 0 Å². The highest BCUT2D eigenvalue weighted by molar-refractivity contribution is 7.98. The van der Waals surface area contributed by atoms with E-state index in [4.69, 9.17) is 23.2 Å². The predicted octanol–water partition coefficient (Wildman–Crippen LogP) is 4.26. The number of hydrogen-bond donors (Lipinski definition) is 0. The molecule has 0 spiro atoms. The number of hydrogen-bond acceptors (Lipinski definition) is 4. The van der Waals surface area contributed by atoms with Gasteiger partial charge in [0.15, 0.2) is 0 Å². The predicted molar refractivity (Wildman–Crippen MR) is 85.2 cm³/mol. The van der Waals surface area contributed by atoms with Crippen molar-refractivity contribution < 1.29 is 0 Å². The molecule has 0 saturated heterocycles. The second-order valence-corrected chi connectivity index (χ2v) is 5.95. The van der Waals surface area contributed by atoms with E-state index in [2.05, 4.69) is 15.5 Å². The summed E-state index contributed by atoms with van der Waals surface area (Å²) in [5, 5.41) is 13.8. The lowest BCUT2D eigenvalue weighted by Gasteiger charge is -2.07. The normalized spacial score (nSPS) is 10.8. The van der Waals surface area contributed by atoms with Crippen LogP contribution < -0.4 is 0 Å². The molecular formula is C14H10Cl2N4S. The Hall–Kier alpha value is -1.56. The van der Waals surface area contributed by atoms with Crippen LogP contribution >= 0.6 is 35.0 Å². The number of rotatable bonds is 4. The van der Waals surface area contributed by atoms with Crippen LogP contribution in [0.4, 0.5) is 0 Å².